The molecule has 0 spiro atoms. The first-order valence-corrected chi connectivity index (χ1v) is 5.56. The normalized spacial score (nSPS) is 12.5. The van der Waals surface area contributed by atoms with Gasteiger partial charge in [-0.3, -0.25) is 0 Å². The highest BCUT2D eigenvalue weighted by Gasteiger charge is 2.10. The van der Waals surface area contributed by atoms with Crippen LogP contribution in [0.1, 0.15) is 24.4 Å². The molecule has 1 unspecified atom stereocenters. The van der Waals surface area contributed by atoms with Crippen LogP contribution in [0.5, 0.6) is 0 Å². The van der Waals surface area contributed by atoms with Crippen LogP contribution < -0.4 is 11.1 Å². The van der Waals surface area contributed by atoms with Crippen LogP contribution in [0.4, 0.5) is 11.7 Å². The zero-order valence-corrected chi connectivity index (χ0v) is 10.3. The summed E-state index contributed by atoms with van der Waals surface area (Å²) in [5, 5.41) is 11.3. The van der Waals surface area contributed by atoms with Gasteiger partial charge in [0.2, 0.25) is 5.89 Å². The van der Waals surface area contributed by atoms with Gasteiger partial charge in [-0.1, -0.05) is 22.8 Å². The van der Waals surface area contributed by atoms with Crippen LogP contribution in [0.15, 0.2) is 22.6 Å². The van der Waals surface area contributed by atoms with E-state index in [0.717, 1.165) is 11.3 Å². The molecule has 0 saturated heterocycles. The van der Waals surface area contributed by atoms with Gasteiger partial charge in [-0.15, -0.1) is 5.10 Å². The lowest BCUT2D eigenvalue weighted by molar-refractivity contribution is 0.475. The molecule has 1 heterocycles. The molecule has 6 heteroatoms. The smallest absolute Gasteiger partial charge is 0.320 e. The summed E-state index contributed by atoms with van der Waals surface area (Å²) in [6, 6.07) is 5.62. The number of nitrogens with zero attached hydrogens (tertiary/aromatic N) is 2. The minimum atomic E-state index is -0.278. The Labute approximate surface area is 104 Å². The highest BCUT2D eigenvalue weighted by molar-refractivity contribution is 6.31. The molecule has 5 nitrogen and oxygen atoms in total. The molecule has 0 amide bonds. The van der Waals surface area contributed by atoms with Crippen molar-refractivity contribution in [2.24, 2.45) is 5.73 Å². The SMILES string of the molecule is Cc1ccc(Nc2nnc(C(C)N)o2)cc1Cl. The first kappa shape index (κ1) is 11.9. The Bertz CT molecular complexity index is 524. The zero-order valence-electron chi connectivity index (χ0n) is 9.57. The van der Waals surface area contributed by atoms with Crippen LogP contribution in [-0.2, 0) is 0 Å². The third-order valence-electron chi connectivity index (χ3n) is 2.25. The molecule has 0 fully saturated rings. The van der Waals surface area contributed by atoms with Gasteiger partial charge in [-0.05, 0) is 31.5 Å². The van der Waals surface area contributed by atoms with E-state index in [2.05, 4.69) is 15.5 Å². The van der Waals surface area contributed by atoms with Crippen LogP contribution in [0, 0.1) is 6.92 Å². The summed E-state index contributed by atoms with van der Waals surface area (Å²) in [5.41, 5.74) is 7.42. The molecule has 1 aromatic heterocycles. The third-order valence-corrected chi connectivity index (χ3v) is 2.66. The molecule has 3 N–H and O–H groups in total. The molecule has 0 aliphatic carbocycles. The molecule has 0 radical (unpaired) electrons. The molecule has 0 aliphatic heterocycles. The average molecular weight is 253 g/mol. The Balaban J connectivity index is 2.16. The first-order chi connectivity index (χ1) is 8.06. The minimum Gasteiger partial charge on any atom is -0.406 e. The minimum absolute atomic E-state index is 0.278. The Morgan fingerprint density at radius 2 is 2.18 bits per heavy atom. The number of anilines is 2. The molecule has 1 atom stereocenters. The fourth-order valence-electron chi connectivity index (χ4n) is 1.26. The summed E-state index contributed by atoms with van der Waals surface area (Å²) in [6.45, 7) is 3.72. The van der Waals surface area contributed by atoms with Crippen molar-refractivity contribution < 1.29 is 4.42 Å². The molecule has 2 rings (SSSR count). The van der Waals surface area contributed by atoms with Gasteiger partial charge in [-0.25, -0.2) is 0 Å². The van der Waals surface area contributed by atoms with Gasteiger partial charge >= 0.3 is 6.01 Å². The van der Waals surface area contributed by atoms with E-state index in [0.29, 0.717) is 16.9 Å². The second-order valence-corrected chi connectivity index (χ2v) is 4.23. The largest absolute Gasteiger partial charge is 0.406 e. The van der Waals surface area contributed by atoms with Crippen molar-refractivity contribution in [3.05, 3.63) is 34.7 Å². The number of aromatic nitrogens is 2. The predicted molar refractivity (Wildman–Crippen MR) is 66.4 cm³/mol. The van der Waals surface area contributed by atoms with Crippen LogP contribution in [0.25, 0.3) is 0 Å². The standard InChI is InChI=1S/C11H13ClN4O/c1-6-3-4-8(5-9(6)12)14-11-16-15-10(17-11)7(2)13/h3-5,7H,13H2,1-2H3,(H,14,16). The molecular weight excluding hydrogens is 240 g/mol. The van der Waals surface area contributed by atoms with Crippen LogP contribution in [0.3, 0.4) is 0 Å². The van der Waals surface area contributed by atoms with Gasteiger partial charge in [0.1, 0.15) is 0 Å². The summed E-state index contributed by atoms with van der Waals surface area (Å²) in [6.07, 6.45) is 0. The average Bonchev–Trinajstić information content (AvgIpc) is 2.72. The zero-order chi connectivity index (χ0) is 12.4. The van der Waals surface area contributed by atoms with Crippen molar-refractivity contribution in [2.45, 2.75) is 19.9 Å². The Hall–Kier alpha value is -1.59. The topological polar surface area (TPSA) is 77.0 Å². The Kier molecular flexibility index (Phi) is 3.31. The fourth-order valence-corrected chi connectivity index (χ4v) is 1.44. The van der Waals surface area contributed by atoms with E-state index in [4.69, 9.17) is 21.8 Å². The summed E-state index contributed by atoms with van der Waals surface area (Å²) >= 11 is 6.01. The fraction of sp³-hybridized carbons (Fsp3) is 0.273. The maximum atomic E-state index is 6.01. The number of hydrogen-bond donors (Lipinski definition) is 2. The maximum absolute atomic E-state index is 6.01. The molecule has 0 aliphatic rings. The first-order valence-electron chi connectivity index (χ1n) is 5.18. The van der Waals surface area contributed by atoms with Crippen molar-refractivity contribution in [2.75, 3.05) is 5.32 Å². The number of aryl methyl sites for hydroxylation is 1. The molecular formula is C11H13ClN4O. The van der Waals surface area contributed by atoms with Crippen molar-refractivity contribution in [1.29, 1.82) is 0 Å². The summed E-state index contributed by atoms with van der Waals surface area (Å²) < 4.78 is 5.32. The van der Waals surface area contributed by atoms with Gasteiger partial charge < -0.3 is 15.5 Å². The molecule has 0 saturated carbocycles. The molecule has 2 aromatic rings. The summed E-state index contributed by atoms with van der Waals surface area (Å²) in [5.74, 6) is 0.394. The van der Waals surface area contributed by atoms with Crippen molar-refractivity contribution in [3.63, 3.8) is 0 Å². The summed E-state index contributed by atoms with van der Waals surface area (Å²) in [4.78, 5) is 0. The third kappa shape index (κ3) is 2.75. The summed E-state index contributed by atoms with van der Waals surface area (Å²) in [7, 11) is 0. The molecule has 17 heavy (non-hydrogen) atoms. The number of nitrogens with two attached hydrogens (primary N) is 1. The van der Waals surface area contributed by atoms with E-state index in [1.54, 1.807) is 13.0 Å². The van der Waals surface area contributed by atoms with Gasteiger partial charge in [0, 0.05) is 10.7 Å². The van der Waals surface area contributed by atoms with Crippen LogP contribution in [0.2, 0.25) is 5.02 Å². The quantitative estimate of drug-likeness (QED) is 0.878. The van der Waals surface area contributed by atoms with E-state index in [9.17, 15) is 0 Å². The van der Waals surface area contributed by atoms with Crippen molar-refractivity contribution in [1.82, 2.24) is 10.2 Å². The maximum Gasteiger partial charge on any atom is 0.320 e. The Morgan fingerprint density at radius 1 is 1.41 bits per heavy atom. The second-order valence-electron chi connectivity index (χ2n) is 3.82. The van der Waals surface area contributed by atoms with Gasteiger partial charge in [0.15, 0.2) is 0 Å². The van der Waals surface area contributed by atoms with E-state index in [-0.39, 0.29) is 6.04 Å². The highest BCUT2D eigenvalue weighted by Crippen LogP contribution is 2.23. The highest BCUT2D eigenvalue weighted by atomic mass is 35.5. The van der Waals surface area contributed by atoms with Crippen molar-refractivity contribution in [3.8, 4) is 0 Å². The molecule has 1 aromatic carbocycles. The number of hydrogen-bond acceptors (Lipinski definition) is 5. The van der Waals surface area contributed by atoms with Crippen molar-refractivity contribution >= 4 is 23.3 Å². The van der Waals surface area contributed by atoms with Gasteiger partial charge in [0.05, 0.1) is 6.04 Å². The number of rotatable bonds is 3. The van der Waals surface area contributed by atoms with Gasteiger partial charge in [0.25, 0.3) is 0 Å². The van der Waals surface area contributed by atoms with Crippen LogP contribution in [-0.4, -0.2) is 10.2 Å². The number of halogens is 1. The van der Waals surface area contributed by atoms with E-state index in [1.807, 2.05) is 19.1 Å². The monoisotopic (exact) mass is 252 g/mol. The predicted octanol–water partition coefficient (Wildman–Crippen LogP) is 2.79. The van der Waals surface area contributed by atoms with Crippen LogP contribution >= 0.6 is 11.6 Å². The lowest BCUT2D eigenvalue weighted by Crippen LogP contribution is -2.04. The van der Waals surface area contributed by atoms with E-state index >= 15 is 0 Å². The second kappa shape index (κ2) is 4.73. The lowest BCUT2D eigenvalue weighted by atomic mass is 10.2. The molecule has 90 valence electrons. The Morgan fingerprint density at radius 3 is 2.76 bits per heavy atom. The lowest BCUT2D eigenvalue weighted by Gasteiger charge is -2.03. The molecule has 0 bridgehead atoms. The number of nitrogens with one attached hydrogen (secondary N) is 1. The van der Waals surface area contributed by atoms with Gasteiger partial charge in [-0.2, -0.15) is 0 Å². The number of benzene rings is 1. The van der Waals surface area contributed by atoms with E-state index < -0.39 is 0 Å². The van der Waals surface area contributed by atoms with E-state index in [1.165, 1.54) is 0 Å².